The Morgan fingerprint density at radius 2 is 2.09 bits per heavy atom. The van der Waals surface area contributed by atoms with Gasteiger partial charge in [-0.25, -0.2) is 8.78 Å². The summed E-state index contributed by atoms with van der Waals surface area (Å²) in [6.07, 6.45) is 3.67. The first-order valence-corrected chi connectivity index (χ1v) is 8.01. The maximum Gasteiger partial charge on any atom is 0.225 e. The third-order valence-corrected chi connectivity index (χ3v) is 4.43. The minimum atomic E-state index is -0.503. The zero-order chi connectivity index (χ0) is 16.8. The van der Waals surface area contributed by atoms with Crippen molar-refractivity contribution >= 4 is 5.91 Å². The normalized spacial score (nSPS) is 16.5. The molecule has 0 saturated heterocycles. The van der Waals surface area contributed by atoms with Crippen molar-refractivity contribution in [3.05, 3.63) is 35.4 Å². The molecule has 0 aliphatic heterocycles. The van der Waals surface area contributed by atoms with Crippen molar-refractivity contribution in [2.45, 2.75) is 50.8 Å². The summed E-state index contributed by atoms with van der Waals surface area (Å²) in [5.74, 6) is -1.13. The highest BCUT2D eigenvalue weighted by Gasteiger charge is 2.28. The van der Waals surface area contributed by atoms with Crippen LogP contribution in [0.15, 0.2) is 18.2 Å². The fourth-order valence-electron chi connectivity index (χ4n) is 3.06. The molecule has 4 nitrogen and oxygen atoms in total. The van der Waals surface area contributed by atoms with Gasteiger partial charge in [-0.05, 0) is 31.0 Å². The SMILES string of the molecule is COC(CN)CC(=O)N(Cc1cc(F)ccc1F)C1CCCC1. The lowest BCUT2D eigenvalue weighted by Gasteiger charge is -2.30. The van der Waals surface area contributed by atoms with Gasteiger partial charge < -0.3 is 15.4 Å². The van der Waals surface area contributed by atoms with Gasteiger partial charge in [0, 0.05) is 31.8 Å². The summed E-state index contributed by atoms with van der Waals surface area (Å²) in [5.41, 5.74) is 5.78. The number of amides is 1. The second-order valence-electron chi connectivity index (χ2n) is 5.99. The van der Waals surface area contributed by atoms with Crippen LogP contribution in [0, 0.1) is 11.6 Å². The van der Waals surface area contributed by atoms with E-state index in [-0.39, 0.29) is 43.1 Å². The van der Waals surface area contributed by atoms with Gasteiger partial charge in [-0.15, -0.1) is 0 Å². The maximum atomic E-state index is 13.9. The zero-order valence-electron chi connectivity index (χ0n) is 13.4. The number of halogens is 2. The number of carbonyl (C=O) groups excluding carboxylic acids is 1. The third kappa shape index (κ3) is 4.72. The van der Waals surface area contributed by atoms with E-state index in [9.17, 15) is 13.6 Å². The Morgan fingerprint density at radius 1 is 1.39 bits per heavy atom. The smallest absolute Gasteiger partial charge is 0.225 e. The average molecular weight is 326 g/mol. The lowest BCUT2D eigenvalue weighted by molar-refractivity contribution is -0.136. The highest BCUT2D eigenvalue weighted by molar-refractivity contribution is 5.77. The number of nitrogens with zero attached hydrogens (tertiary/aromatic N) is 1. The molecule has 1 aromatic carbocycles. The topological polar surface area (TPSA) is 55.6 Å². The van der Waals surface area contributed by atoms with Crippen molar-refractivity contribution in [2.24, 2.45) is 5.73 Å². The summed E-state index contributed by atoms with van der Waals surface area (Å²) < 4.78 is 32.5. The molecule has 2 N–H and O–H groups in total. The number of hydrogen-bond acceptors (Lipinski definition) is 3. The Labute approximate surface area is 135 Å². The molecule has 0 aromatic heterocycles. The van der Waals surface area contributed by atoms with Crippen LogP contribution in [0.5, 0.6) is 0 Å². The molecule has 0 radical (unpaired) electrons. The van der Waals surface area contributed by atoms with Gasteiger partial charge >= 0.3 is 0 Å². The van der Waals surface area contributed by atoms with E-state index in [1.165, 1.54) is 7.11 Å². The Bertz CT molecular complexity index is 529. The van der Waals surface area contributed by atoms with Crippen LogP contribution in [0.4, 0.5) is 8.78 Å². The summed E-state index contributed by atoms with van der Waals surface area (Å²) in [6.45, 7) is 0.323. The lowest BCUT2D eigenvalue weighted by Crippen LogP contribution is -2.41. The predicted molar refractivity (Wildman–Crippen MR) is 83.6 cm³/mol. The van der Waals surface area contributed by atoms with Crippen LogP contribution in [0.1, 0.15) is 37.7 Å². The molecular formula is C17H24F2N2O2. The van der Waals surface area contributed by atoms with E-state index in [0.29, 0.717) is 0 Å². The largest absolute Gasteiger partial charge is 0.380 e. The molecule has 1 saturated carbocycles. The molecule has 1 aliphatic rings. The highest BCUT2D eigenvalue weighted by Crippen LogP contribution is 2.26. The monoisotopic (exact) mass is 326 g/mol. The number of nitrogens with two attached hydrogens (primary N) is 1. The second kappa shape index (κ2) is 8.36. The van der Waals surface area contributed by atoms with E-state index < -0.39 is 11.6 Å². The first-order chi connectivity index (χ1) is 11.0. The summed E-state index contributed by atoms with van der Waals surface area (Å²) >= 11 is 0. The number of methoxy groups -OCH3 is 1. The number of rotatable bonds is 7. The summed E-state index contributed by atoms with van der Waals surface area (Å²) in [5, 5.41) is 0. The highest BCUT2D eigenvalue weighted by atomic mass is 19.1. The number of carbonyl (C=O) groups is 1. The third-order valence-electron chi connectivity index (χ3n) is 4.43. The molecule has 1 unspecified atom stereocenters. The molecule has 1 aromatic rings. The molecule has 2 rings (SSSR count). The lowest BCUT2D eigenvalue weighted by atomic mass is 10.1. The van der Waals surface area contributed by atoms with Crippen molar-refractivity contribution in [3.63, 3.8) is 0 Å². The fourth-order valence-corrected chi connectivity index (χ4v) is 3.06. The first kappa shape index (κ1) is 17.8. The van der Waals surface area contributed by atoms with E-state index in [4.69, 9.17) is 10.5 Å². The van der Waals surface area contributed by atoms with Crippen LogP contribution >= 0.6 is 0 Å². The van der Waals surface area contributed by atoms with E-state index in [2.05, 4.69) is 0 Å². The van der Waals surface area contributed by atoms with Gasteiger partial charge in [0.2, 0.25) is 5.91 Å². The van der Waals surface area contributed by atoms with Gasteiger partial charge in [-0.1, -0.05) is 12.8 Å². The number of benzene rings is 1. The van der Waals surface area contributed by atoms with Crippen LogP contribution in [-0.4, -0.2) is 36.6 Å². The van der Waals surface area contributed by atoms with Crippen LogP contribution in [0.3, 0.4) is 0 Å². The second-order valence-corrected chi connectivity index (χ2v) is 5.99. The van der Waals surface area contributed by atoms with Crippen LogP contribution in [0.25, 0.3) is 0 Å². The molecule has 0 bridgehead atoms. The van der Waals surface area contributed by atoms with E-state index in [1.54, 1.807) is 4.90 Å². The standard InChI is InChI=1S/C17H24F2N2O2/c1-23-15(10-20)9-17(22)21(14-4-2-3-5-14)11-12-8-13(18)6-7-16(12)19/h6-8,14-15H,2-5,9-11,20H2,1H3. The first-order valence-electron chi connectivity index (χ1n) is 8.01. The molecule has 1 aliphatic carbocycles. The Morgan fingerprint density at radius 3 is 2.70 bits per heavy atom. The molecule has 1 amide bonds. The molecule has 23 heavy (non-hydrogen) atoms. The quantitative estimate of drug-likeness (QED) is 0.838. The summed E-state index contributed by atoms with van der Waals surface area (Å²) in [6, 6.07) is 3.40. The Balaban J connectivity index is 2.16. The van der Waals surface area contributed by atoms with Gasteiger partial charge in [0.25, 0.3) is 0 Å². The molecule has 6 heteroatoms. The van der Waals surface area contributed by atoms with Gasteiger partial charge in [0.1, 0.15) is 11.6 Å². The van der Waals surface area contributed by atoms with Crippen molar-refractivity contribution in [2.75, 3.05) is 13.7 Å². The van der Waals surface area contributed by atoms with Gasteiger partial charge in [0.05, 0.1) is 12.5 Å². The number of hydrogen-bond donors (Lipinski definition) is 1. The molecule has 0 spiro atoms. The summed E-state index contributed by atoms with van der Waals surface area (Å²) in [4.78, 5) is 14.3. The summed E-state index contributed by atoms with van der Waals surface area (Å²) in [7, 11) is 1.51. The molecular weight excluding hydrogens is 302 g/mol. The fraction of sp³-hybridized carbons (Fsp3) is 0.588. The average Bonchev–Trinajstić information content (AvgIpc) is 3.07. The predicted octanol–water partition coefficient (Wildman–Crippen LogP) is 2.60. The minimum absolute atomic E-state index is 0.0699. The molecule has 0 heterocycles. The zero-order valence-corrected chi connectivity index (χ0v) is 13.4. The molecule has 1 fully saturated rings. The van der Waals surface area contributed by atoms with Crippen LogP contribution < -0.4 is 5.73 Å². The van der Waals surface area contributed by atoms with Gasteiger partial charge in [-0.3, -0.25) is 4.79 Å². The molecule has 1 atom stereocenters. The van der Waals surface area contributed by atoms with Gasteiger partial charge in [-0.2, -0.15) is 0 Å². The Kier molecular flexibility index (Phi) is 6.47. The van der Waals surface area contributed by atoms with E-state index in [1.807, 2.05) is 0 Å². The maximum absolute atomic E-state index is 13.9. The van der Waals surface area contributed by atoms with Crippen molar-refractivity contribution in [3.8, 4) is 0 Å². The van der Waals surface area contributed by atoms with Crippen LogP contribution in [-0.2, 0) is 16.1 Å². The number of ether oxygens (including phenoxy) is 1. The van der Waals surface area contributed by atoms with Gasteiger partial charge in [0.15, 0.2) is 0 Å². The Hall–Kier alpha value is -1.53. The van der Waals surface area contributed by atoms with Crippen LogP contribution in [0.2, 0.25) is 0 Å². The van der Waals surface area contributed by atoms with E-state index in [0.717, 1.165) is 43.9 Å². The van der Waals surface area contributed by atoms with Crippen molar-refractivity contribution in [1.82, 2.24) is 4.90 Å². The van der Waals surface area contributed by atoms with E-state index >= 15 is 0 Å². The van der Waals surface area contributed by atoms with Crippen molar-refractivity contribution < 1.29 is 18.3 Å². The minimum Gasteiger partial charge on any atom is -0.380 e. The molecule has 128 valence electrons. The van der Waals surface area contributed by atoms with Crippen molar-refractivity contribution in [1.29, 1.82) is 0 Å².